The molecule has 2 amide bonds. The van der Waals surface area contributed by atoms with Crippen LogP contribution in [-0.4, -0.2) is 30.6 Å². The van der Waals surface area contributed by atoms with Crippen LogP contribution in [-0.2, 0) is 9.59 Å². The van der Waals surface area contributed by atoms with Crippen molar-refractivity contribution in [2.45, 2.75) is 6.92 Å². The van der Waals surface area contributed by atoms with Crippen molar-refractivity contribution in [3.05, 3.63) is 88.9 Å². The first kappa shape index (κ1) is 23.5. The Morgan fingerprint density at radius 2 is 1.48 bits per heavy atom. The third-order valence-electron chi connectivity index (χ3n) is 4.42. The van der Waals surface area contributed by atoms with Crippen molar-refractivity contribution in [2.75, 3.05) is 12.4 Å². The molecule has 0 atom stereocenters. The third-order valence-corrected chi connectivity index (χ3v) is 4.66. The van der Waals surface area contributed by atoms with Crippen molar-refractivity contribution in [1.82, 2.24) is 5.43 Å². The van der Waals surface area contributed by atoms with Gasteiger partial charge in [0.1, 0.15) is 11.5 Å². The molecule has 0 saturated heterocycles. The Kier molecular flexibility index (Phi) is 7.77. The standard InChI is InChI=1S/C24H20ClN3O5/c1-15(27-28-23(30)22(29)26-19-5-3-4-18(25)14-19)16-6-12-21(13-7-16)33-24(31)17-8-10-20(32-2)11-9-17/h3-14H,1-2H3,(H,26,29)(H,28,30)/b27-15+. The number of nitrogens with zero attached hydrogens (tertiary/aromatic N) is 1. The smallest absolute Gasteiger partial charge is 0.343 e. The molecule has 0 radical (unpaired) electrons. The van der Waals surface area contributed by atoms with E-state index in [1.807, 2.05) is 0 Å². The molecular formula is C24H20ClN3O5. The Bertz CT molecular complexity index is 1190. The number of benzene rings is 3. The van der Waals surface area contributed by atoms with Gasteiger partial charge in [-0.05, 0) is 79.2 Å². The number of amides is 2. The van der Waals surface area contributed by atoms with Crippen LogP contribution < -0.4 is 20.2 Å². The lowest BCUT2D eigenvalue weighted by molar-refractivity contribution is -0.136. The molecule has 0 fully saturated rings. The van der Waals surface area contributed by atoms with Crippen LogP contribution in [0.3, 0.4) is 0 Å². The van der Waals surface area contributed by atoms with E-state index in [4.69, 9.17) is 21.1 Å². The molecule has 2 N–H and O–H groups in total. The van der Waals surface area contributed by atoms with E-state index in [9.17, 15) is 14.4 Å². The minimum atomic E-state index is -0.931. The molecule has 3 aromatic carbocycles. The lowest BCUT2D eigenvalue weighted by Crippen LogP contribution is -2.32. The van der Waals surface area contributed by atoms with Gasteiger partial charge in [-0.25, -0.2) is 10.2 Å². The van der Waals surface area contributed by atoms with Crippen molar-refractivity contribution >= 4 is 40.8 Å². The summed E-state index contributed by atoms with van der Waals surface area (Å²) in [5, 5.41) is 6.80. The van der Waals surface area contributed by atoms with Gasteiger partial charge >= 0.3 is 17.8 Å². The summed E-state index contributed by atoms with van der Waals surface area (Å²) in [6.07, 6.45) is 0. The van der Waals surface area contributed by atoms with Crippen molar-refractivity contribution in [1.29, 1.82) is 0 Å². The number of carbonyl (C=O) groups is 3. The number of esters is 1. The SMILES string of the molecule is COc1ccc(C(=O)Oc2ccc(/C(C)=N/NC(=O)C(=O)Nc3cccc(Cl)c3)cc2)cc1. The van der Waals surface area contributed by atoms with Gasteiger partial charge in [0, 0.05) is 10.7 Å². The van der Waals surface area contributed by atoms with Gasteiger partial charge in [-0.15, -0.1) is 0 Å². The molecule has 0 saturated carbocycles. The first-order chi connectivity index (χ1) is 15.9. The number of methoxy groups -OCH3 is 1. The Balaban J connectivity index is 1.56. The van der Waals surface area contributed by atoms with Gasteiger partial charge in [0.2, 0.25) is 0 Å². The first-order valence-corrected chi connectivity index (χ1v) is 10.1. The lowest BCUT2D eigenvalue weighted by atomic mass is 10.1. The van der Waals surface area contributed by atoms with Crippen LogP contribution in [0.15, 0.2) is 77.9 Å². The van der Waals surface area contributed by atoms with Crippen LogP contribution in [0.4, 0.5) is 5.69 Å². The van der Waals surface area contributed by atoms with E-state index >= 15 is 0 Å². The number of anilines is 1. The summed E-state index contributed by atoms with van der Waals surface area (Å²) in [6, 6.07) is 19.5. The van der Waals surface area contributed by atoms with Crippen LogP contribution in [0.5, 0.6) is 11.5 Å². The number of hydrogen-bond acceptors (Lipinski definition) is 6. The average Bonchev–Trinajstić information content (AvgIpc) is 2.82. The second-order valence-corrected chi connectivity index (χ2v) is 7.18. The highest BCUT2D eigenvalue weighted by molar-refractivity contribution is 6.40. The number of hydrazone groups is 1. The zero-order chi connectivity index (χ0) is 23.8. The number of rotatable bonds is 6. The minimum absolute atomic E-state index is 0.345. The van der Waals surface area contributed by atoms with Crippen LogP contribution in [0, 0.1) is 0 Å². The maximum atomic E-state index is 12.2. The Hall–Kier alpha value is -4.17. The van der Waals surface area contributed by atoms with Crippen LogP contribution >= 0.6 is 11.6 Å². The molecular weight excluding hydrogens is 446 g/mol. The van der Waals surface area contributed by atoms with Crippen molar-refractivity contribution < 1.29 is 23.9 Å². The molecule has 0 aliphatic heterocycles. The number of carbonyl (C=O) groups excluding carboxylic acids is 3. The lowest BCUT2D eigenvalue weighted by Gasteiger charge is -2.07. The van der Waals surface area contributed by atoms with Crippen LogP contribution in [0.2, 0.25) is 5.02 Å². The predicted octanol–water partition coefficient (Wildman–Crippen LogP) is 4.05. The molecule has 8 nitrogen and oxygen atoms in total. The molecule has 3 rings (SSSR count). The highest BCUT2D eigenvalue weighted by Gasteiger charge is 2.14. The zero-order valence-corrected chi connectivity index (χ0v) is 18.6. The highest BCUT2D eigenvalue weighted by Crippen LogP contribution is 2.17. The molecule has 0 aliphatic rings. The summed E-state index contributed by atoms with van der Waals surface area (Å²) in [5.41, 5.74) is 4.09. The van der Waals surface area contributed by atoms with Crippen molar-refractivity contribution in [2.24, 2.45) is 5.10 Å². The number of hydrogen-bond donors (Lipinski definition) is 2. The van der Waals surface area contributed by atoms with E-state index in [0.717, 1.165) is 0 Å². The first-order valence-electron chi connectivity index (χ1n) is 9.73. The van der Waals surface area contributed by atoms with Gasteiger partial charge in [-0.3, -0.25) is 9.59 Å². The van der Waals surface area contributed by atoms with E-state index in [1.165, 1.54) is 6.07 Å². The van der Waals surface area contributed by atoms with E-state index in [1.54, 1.807) is 80.8 Å². The molecule has 33 heavy (non-hydrogen) atoms. The van der Waals surface area contributed by atoms with Gasteiger partial charge in [0.15, 0.2) is 0 Å². The average molecular weight is 466 g/mol. The molecule has 168 valence electrons. The summed E-state index contributed by atoms with van der Waals surface area (Å²) < 4.78 is 10.4. The van der Waals surface area contributed by atoms with Crippen molar-refractivity contribution in [3.63, 3.8) is 0 Å². The van der Waals surface area contributed by atoms with Gasteiger partial charge in [-0.1, -0.05) is 17.7 Å². The summed E-state index contributed by atoms with van der Waals surface area (Å²) in [7, 11) is 1.54. The molecule has 0 heterocycles. The van der Waals surface area contributed by atoms with Gasteiger partial charge < -0.3 is 14.8 Å². The van der Waals surface area contributed by atoms with E-state index < -0.39 is 17.8 Å². The summed E-state index contributed by atoms with van der Waals surface area (Å²) in [4.78, 5) is 36.2. The topological polar surface area (TPSA) is 106 Å². The second-order valence-electron chi connectivity index (χ2n) is 6.75. The zero-order valence-electron chi connectivity index (χ0n) is 17.8. The fourth-order valence-corrected chi connectivity index (χ4v) is 2.85. The van der Waals surface area contributed by atoms with E-state index in [0.29, 0.717) is 39.0 Å². The Labute approximate surface area is 195 Å². The molecule has 0 unspecified atom stereocenters. The fraction of sp³-hybridized carbons (Fsp3) is 0.0833. The fourth-order valence-electron chi connectivity index (χ4n) is 2.66. The minimum Gasteiger partial charge on any atom is -0.497 e. The number of halogens is 1. The molecule has 0 aliphatic carbocycles. The van der Waals surface area contributed by atoms with Gasteiger partial charge in [0.25, 0.3) is 0 Å². The molecule has 9 heteroatoms. The maximum Gasteiger partial charge on any atom is 0.343 e. The summed E-state index contributed by atoms with van der Waals surface area (Å²) >= 11 is 5.85. The Morgan fingerprint density at radius 3 is 2.12 bits per heavy atom. The highest BCUT2D eigenvalue weighted by atomic mass is 35.5. The van der Waals surface area contributed by atoms with Crippen LogP contribution in [0.1, 0.15) is 22.8 Å². The molecule has 0 spiro atoms. The van der Waals surface area contributed by atoms with E-state index in [2.05, 4.69) is 15.8 Å². The molecule has 0 aromatic heterocycles. The van der Waals surface area contributed by atoms with Crippen LogP contribution in [0.25, 0.3) is 0 Å². The van der Waals surface area contributed by atoms with Crippen molar-refractivity contribution in [3.8, 4) is 11.5 Å². The molecule has 0 bridgehead atoms. The van der Waals surface area contributed by atoms with Gasteiger partial charge in [0.05, 0.1) is 18.4 Å². The van der Waals surface area contributed by atoms with E-state index in [-0.39, 0.29) is 0 Å². The summed E-state index contributed by atoms with van der Waals surface area (Å²) in [5.74, 6) is -1.33. The maximum absolute atomic E-state index is 12.2. The number of ether oxygens (including phenoxy) is 2. The predicted molar refractivity (Wildman–Crippen MR) is 125 cm³/mol. The quantitative estimate of drug-likeness (QED) is 0.188. The summed E-state index contributed by atoms with van der Waals surface area (Å²) in [6.45, 7) is 1.66. The largest absolute Gasteiger partial charge is 0.497 e. The Morgan fingerprint density at radius 1 is 0.848 bits per heavy atom. The third kappa shape index (κ3) is 6.65. The van der Waals surface area contributed by atoms with Gasteiger partial charge in [-0.2, -0.15) is 5.10 Å². The second kappa shape index (κ2) is 10.9. The molecule has 3 aromatic rings. The normalized spacial score (nSPS) is 10.8. The monoisotopic (exact) mass is 465 g/mol. The number of nitrogens with one attached hydrogen (secondary N) is 2.